The lowest BCUT2D eigenvalue weighted by atomic mass is 10.1. The van der Waals surface area contributed by atoms with Gasteiger partial charge in [0.1, 0.15) is 23.9 Å². The summed E-state index contributed by atoms with van der Waals surface area (Å²) in [5.74, 6) is 0.669. The monoisotopic (exact) mass is 574 g/mol. The fourth-order valence-electron chi connectivity index (χ4n) is 3.63. The van der Waals surface area contributed by atoms with Crippen LogP contribution < -0.4 is 14.8 Å². The predicted octanol–water partition coefficient (Wildman–Crippen LogP) is 8.70. The third-order valence-corrected chi connectivity index (χ3v) is 6.34. The number of nitro groups is 1. The van der Waals surface area contributed by atoms with E-state index in [-0.39, 0.29) is 45.3 Å². The SMILES string of the molecule is Cc1cc(C)c(C)c(Oc2cc(NC(=O)c3ccc(COc4c(Cl)cc(Cl)cc4Cl)o3)cc([N+](=O)[O-])c2)c1. The van der Waals surface area contributed by atoms with E-state index < -0.39 is 10.8 Å². The molecule has 0 atom stereocenters. The molecule has 1 aromatic heterocycles. The van der Waals surface area contributed by atoms with E-state index in [1.165, 1.54) is 36.4 Å². The molecule has 1 amide bonds. The first-order chi connectivity index (χ1) is 18.0. The van der Waals surface area contributed by atoms with Crippen molar-refractivity contribution in [2.24, 2.45) is 0 Å². The molecular formula is C27H21Cl3N2O6. The number of halogens is 3. The number of furan rings is 1. The molecule has 196 valence electrons. The molecule has 0 spiro atoms. The number of aryl methyl sites for hydroxylation is 2. The van der Waals surface area contributed by atoms with Crippen LogP contribution in [0.5, 0.6) is 17.2 Å². The van der Waals surface area contributed by atoms with E-state index in [1.54, 1.807) is 6.07 Å². The Morgan fingerprint density at radius 2 is 1.71 bits per heavy atom. The average molecular weight is 576 g/mol. The van der Waals surface area contributed by atoms with Gasteiger partial charge in [-0.15, -0.1) is 0 Å². The van der Waals surface area contributed by atoms with Crippen LogP contribution in [0.2, 0.25) is 15.1 Å². The van der Waals surface area contributed by atoms with Crippen molar-refractivity contribution in [3.63, 3.8) is 0 Å². The van der Waals surface area contributed by atoms with E-state index in [2.05, 4.69) is 5.32 Å². The topological polar surface area (TPSA) is 104 Å². The van der Waals surface area contributed by atoms with Gasteiger partial charge < -0.3 is 19.2 Å². The Bertz CT molecular complexity index is 1530. The highest BCUT2D eigenvalue weighted by Crippen LogP contribution is 2.36. The van der Waals surface area contributed by atoms with Crippen molar-refractivity contribution in [2.45, 2.75) is 27.4 Å². The number of amides is 1. The maximum atomic E-state index is 12.8. The highest BCUT2D eigenvalue weighted by molar-refractivity contribution is 6.40. The number of hydrogen-bond donors (Lipinski definition) is 1. The summed E-state index contributed by atoms with van der Waals surface area (Å²) in [6, 6.07) is 13.9. The van der Waals surface area contributed by atoms with Gasteiger partial charge in [-0.3, -0.25) is 14.9 Å². The van der Waals surface area contributed by atoms with Gasteiger partial charge in [-0.05, 0) is 67.8 Å². The van der Waals surface area contributed by atoms with Gasteiger partial charge in [-0.2, -0.15) is 0 Å². The summed E-state index contributed by atoms with van der Waals surface area (Å²) in [7, 11) is 0. The van der Waals surface area contributed by atoms with E-state index in [1.807, 2.05) is 32.9 Å². The van der Waals surface area contributed by atoms with Crippen molar-refractivity contribution in [1.29, 1.82) is 0 Å². The van der Waals surface area contributed by atoms with Gasteiger partial charge in [0.15, 0.2) is 11.5 Å². The number of nitro benzene ring substituents is 1. The first kappa shape index (κ1) is 27.3. The molecule has 0 aliphatic carbocycles. The molecule has 38 heavy (non-hydrogen) atoms. The molecule has 0 fully saturated rings. The van der Waals surface area contributed by atoms with Gasteiger partial charge in [0.2, 0.25) is 0 Å². The number of nitrogens with zero attached hydrogens (tertiary/aromatic N) is 1. The maximum Gasteiger partial charge on any atom is 0.291 e. The lowest BCUT2D eigenvalue weighted by Crippen LogP contribution is -2.11. The van der Waals surface area contributed by atoms with Crippen LogP contribution in [0.4, 0.5) is 11.4 Å². The maximum absolute atomic E-state index is 12.8. The fraction of sp³-hybridized carbons (Fsp3) is 0.148. The van der Waals surface area contributed by atoms with Crippen LogP contribution in [0, 0.1) is 30.9 Å². The molecule has 0 saturated carbocycles. The summed E-state index contributed by atoms with van der Waals surface area (Å²) < 4.78 is 17.2. The van der Waals surface area contributed by atoms with Crippen molar-refractivity contribution in [2.75, 3.05) is 5.32 Å². The van der Waals surface area contributed by atoms with Gasteiger partial charge in [-0.1, -0.05) is 40.9 Å². The second-order valence-electron chi connectivity index (χ2n) is 8.49. The van der Waals surface area contributed by atoms with E-state index in [9.17, 15) is 14.9 Å². The van der Waals surface area contributed by atoms with E-state index in [0.29, 0.717) is 16.5 Å². The third kappa shape index (κ3) is 6.39. The number of non-ortho nitro benzene ring substituents is 1. The molecule has 3 aromatic carbocycles. The van der Waals surface area contributed by atoms with Crippen molar-refractivity contribution in [3.8, 4) is 17.2 Å². The lowest BCUT2D eigenvalue weighted by molar-refractivity contribution is -0.384. The quantitative estimate of drug-likeness (QED) is 0.166. The Balaban J connectivity index is 1.50. The van der Waals surface area contributed by atoms with Crippen molar-refractivity contribution in [1.82, 2.24) is 0 Å². The summed E-state index contributed by atoms with van der Waals surface area (Å²) in [4.78, 5) is 23.8. The first-order valence-electron chi connectivity index (χ1n) is 11.2. The normalized spacial score (nSPS) is 10.8. The van der Waals surface area contributed by atoms with Gasteiger partial charge >= 0.3 is 0 Å². The van der Waals surface area contributed by atoms with E-state index in [0.717, 1.165) is 16.7 Å². The summed E-state index contributed by atoms with van der Waals surface area (Å²) in [5, 5.41) is 15.0. The zero-order valence-electron chi connectivity index (χ0n) is 20.4. The molecule has 0 radical (unpaired) electrons. The molecule has 0 aliphatic heterocycles. The van der Waals surface area contributed by atoms with Gasteiger partial charge in [-0.25, -0.2) is 0 Å². The fourth-order valence-corrected chi connectivity index (χ4v) is 4.56. The zero-order chi connectivity index (χ0) is 27.6. The minimum absolute atomic E-state index is 0.0315. The number of carbonyl (C=O) groups excluding carboxylic acids is 1. The number of carbonyl (C=O) groups is 1. The van der Waals surface area contributed by atoms with E-state index in [4.69, 9.17) is 48.7 Å². The third-order valence-electron chi connectivity index (χ3n) is 5.56. The Morgan fingerprint density at radius 1 is 1.00 bits per heavy atom. The van der Waals surface area contributed by atoms with Crippen molar-refractivity contribution in [3.05, 3.63) is 108 Å². The highest BCUT2D eigenvalue weighted by Gasteiger charge is 2.18. The molecule has 11 heteroatoms. The summed E-state index contributed by atoms with van der Waals surface area (Å²) in [6.07, 6.45) is 0. The lowest BCUT2D eigenvalue weighted by Gasteiger charge is -2.13. The standard InChI is InChI=1S/C27H21Cl3N2O6/c1-14-6-15(2)16(3)25(7-14)38-21-11-18(10-19(12-21)32(34)35)31-27(33)24-5-4-20(37-24)13-36-26-22(29)8-17(28)9-23(26)30/h4-12H,13H2,1-3H3,(H,31,33). The second kappa shape index (κ2) is 11.3. The Morgan fingerprint density at radius 3 is 2.39 bits per heavy atom. The molecule has 1 N–H and O–H groups in total. The minimum Gasteiger partial charge on any atom is -0.483 e. The van der Waals surface area contributed by atoms with Crippen LogP contribution in [0.1, 0.15) is 33.0 Å². The first-order valence-corrected chi connectivity index (χ1v) is 12.4. The van der Waals surface area contributed by atoms with Crippen LogP contribution in [0.25, 0.3) is 0 Å². The number of anilines is 1. The number of ether oxygens (including phenoxy) is 2. The predicted molar refractivity (Wildman–Crippen MR) is 146 cm³/mol. The summed E-state index contributed by atoms with van der Waals surface area (Å²) >= 11 is 18.2. The molecule has 0 aliphatic rings. The van der Waals surface area contributed by atoms with Crippen molar-refractivity contribution < 1.29 is 23.6 Å². The average Bonchev–Trinajstić information content (AvgIpc) is 3.30. The molecule has 4 aromatic rings. The summed E-state index contributed by atoms with van der Waals surface area (Å²) in [5.41, 5.74) is 2.83. The smallest absolute Gasteiger partial charge is 0.291 e. The Hall–Kier alpha value is -3.72. The molecule has 4 rings (SSSR count). The van der Waals surface area contributed by atoms with Crippen LogP contribution >= 0.6 is 34.8 Å². The summed E-state index contributed by atoms with van der Waals surface area (Å²) in [6.45, 7) is 5.73. The van der Waals surface area contributed by atoms with Crippen LogP contribution in [-0.2, 0) is 6.61 Å². The zero-order valence-corrected chi connectivity index (χ0v) is 22.7. The van der Waals surface area contributed by atoms with Crippen molar-refractivity contribution >= 4 is 52.1 Å². The van der Waals surface area contributed by atoms with Gasteiger partial charge in [0.25, 0.3) is 11.6 Å². The number of benzene rings is 3. The second-order valence-corrected chi connectivity index (χ2v) is 9.74. The Kier molecular flexibility index (Phi) is 8.16. The minimum atomic E-state index is -0.618. The largest absolute Gasteiger partial charge is 0.483 e. The van der Waals surface area contributed by atoms with Crippen LogP contribution in [-0.4, -0.2) is 10.8 Å². The molecule has 0 saturated heterocycles. The number of rotatable bonds is 8. The number of nitrogens with one attached hydrogen (secondary N) is 1. The van der Waals surface area contributed by atoms with Crippen LogP contribution in [0.15, 0.2) is 59.0 Å². The molecule has 8 nitrogen and oxygen atoms in total. The molecule has 0 bridgehead atoms. The van der Waals surface area contributed by atoms with Crippen LogP contribution in [0.3, 0.4) is 0 Å². The molecular weight excluding hydrogens is 555 g/mol. The Labute approximate surface area is 233 Å². The highest BCUT2D eigenvalue weighted by atomic mass is 35.5. The van der Waals surface area contributed by atoms with Gasteiger partial charge in [0.05, 0.1) is 26.7 Å². The molecule has 1 heterocycles. The molecule has 0 unspecified atom stereocenters. The van der Waals surface area contributed by atoms with E-state index >= 15 is 0 Å². The van der Waals surface area contributed by atoms with Gasteiger partial charge in [0, 0.05) is 17.2 Å². The number of hydrogen-bond acceptors (Lipinski definition) is 6.